The van der Waals surface area contributed by atoms with Gasteiger partial charge in [-0.3, -0.25) is 5.41 Å². The van der Waals surface area contributed by atoms with E-state index in [2.05, 4.69) is 17.6 Å². The predicted octanol–water partition coefficient (Wildman–Crippen LogP) is 1.22. The van der Waals surface area contributed by atoms with E-state index in [1.165, 1.54) is 25.7 Å². The van der Waals surface area contributed by atoms with Gasteiger partial charge in [-0.2, -0.15) is 0 Å². The summed E-state index contributed by atoms with van der Waals surface area (Å²) in [6.07, 6.45) is 6.83. The molecule has 0 bridgehead atoms. The number of benzene rings is 1. The van der Waals surface area contributed by atoms with Crippen molar-refractivity contribution in [3.8, 4) is 0 Å². The highest BCUT2D eigenvalue weighted by Gasteiger charge is 2.16. The number of furan rings is 1. The highest BCUT2D eigenvalue weighted by Crippen LogP contribution is 2.19. The molecular weight excluding hydrogens is 350 g/mol. The lowest BCUT2D eigenvalue weighted by Crippen LogP contribution is -3.00. The fourth-order valence-corrected chi connectivity index (χ4v) is 3.32. The largest absolute Gasteiger partial charge is 1.00 e. The van der Waals surface area contributed by atoms with Crippen LogP contribution in [0.25, 0.3) is 11.0 Å². The third kappa shape index (κ3) is 4.40. The summed E-state index contributed by atoms with van der Waals surface area (Å²) >= 11 is 0. The molecule has 2 N–H and O–H groups in total. The van der Waals surface area contributed by atoms with Crippen LogP contribution >= 0.6 is 0 Å². The van der Waals surface area contributed by atoms with Gasteiger partial charge >= 0.3 is 0 Å². The summed E-state index contributed by atoms with van der Waals surface area (Å²) in [5.74, 6) is 0.531. The van der Waals surface area contributed by atoms with Crippen LogP contribution < -0.4 is 18.0 Å². The number of aromatic nitrogens is 2. The van der Waals surface area contributed by atoms with Gasteiger partial charge < -0.3 is 31.1 Å². The number of rotatable bonds is 9. The highest BCUT2D eigenvalue weighted by atomic mass is 35.5. The minimum absolute atomic E-state index is 0. The van der Waals surface area contributed by atoms with Crippen molar-refractivity contribution >= 4 is 11.0 Å². The normalized spacial score (nSPS) is 12.2. The van der Waals surface area contributed by atoms with Crippen LogP contribution in [0.3, 0.4) is 0 Å². The van der Waals surface area contributed by atoms with Crippen molar-refractivity contribution in [2.24, 2.45) is 0 Å². The Morgan fingerprint density at radius 3 is 2.35 bits per heavy atom. The summed E-state index contributed by atoms with van der Waals surface area (Å²) in [5.41, 5.74) is 2.46. The molecule has 2 aromatic heterocycles. The van der Waals surface area contributed by atoms with E-state index in [0.29, 0.717) is 17.9 Å². The Morgan fingerprint density at radius 1 is 1.00 bits per heavy atom. The van der Waals surface area contributed by atoms with Gasteiger partial charge in [0.1, 0.15) is 11.9 Å². The number of hydrogen-bond acceptors (Lipinski definition) is 3. The summed E-state index contributed by atoms with van der Waals surface area (Å²) in [5, 5.41) is 19.0. The van der Waals surface area contributed by atoms with E-state index < -0.39 is 6.10 Å². The summed E-state index contributed by atoms with van der Waals surface area (Å²) in [7, 11) is 0. The van der Waals surface area contributed by atoms with Crippen LogP contribution in [0, 0.1) is 5.41 Å². The SMILES string of the molecule is CCCCCCCn1c(=N)n(CC(O)c2ccco2)c2ccccc21.[Cl-]. The number of para-hydroxylation sites is 2. The predicted molar refractivity (Wildman–Crippen MR) is 98.2 cm³/mol. The Kier molecular flexibility index (Phi) is 7.54. The maximum atomic E-state index is 10.4. The molecule has 1 aromatic carbocycles. The molecule has 2 heterocycles. The van der Waals surface area contributed by atoms with Crippen molar-refractivity contribution in [2.45, 2.75) is 58.2 Å². The van der Waals surface area contributed by atoms with Gasteiger partial charge in [0.2, 0.25) is 5.62 Å². The molecule has 1 unspecified atom stereocenters. The molecule has 0 amide bonds. The molecule has 0 saturated heterocycles. The molecule has 0 aliphatic heterocycles. The number of nitrogens with one attached hydrogen (secondary N) is 1. The first kappa shape index (κ1) is 20.3. The number of unbranched alkanes of at least 4 members (excludes halogenated alkanes) is 4. The zero-order valence-corrected chi connectivity index (χ0v) is 16.0. The molecule has 1 atom stereocenters. The number of nitrogens with zero attached hydrogens (tertiary/aromatic N) is 2. The average Bonchev–Trinajstić information content (AvgIpc) is 3.24. The number of halogens is 1. The fraction of sp³-hybridized carbons (Fsp3) is 0.450. The number of hydrogen-bond donors (Lipinski definition) is 2. The van der Waals surface area contributed by atoms with Crippen LogP contribution in [0.4, 0.5) is 0 Å². The van der Waals surface area contributed by atoms with Gasteiger partial charge in [-0.25, -0.2) is 0 Å². The minimum Gasteiger partial charge on any atom is -1.00 e. The number of aliphatic hydroxyl groups excluding tert-OH is 1. The molecule has 3 rings (SSSR count). The molecule has 6 heteroatoms. The lowest BCUT2D eigenvalue weighted by molar-refractivity contribution is -0.00000733. The number of aliphatic hydroxyl groups is 1. The van der Waals surface area contributed by atoms with Gasteiger partial charge in [-0.05, 0) is 30.7 Å². The number of fused-ring (bicyclic) bond motifs is 1. The Labute approximate surface area is 160 Å². The van der Waals surface area contributed by atoms with Gasteiger partial charge in [0.05, 0.1) is 23.8 Å². The topological polar surface area (TPSA) is 67.1 Å². The van der Waals surface area contributed by atoms with E-state index in [-0.39, 0.29) is 12.4 Å². The molecule has 5 nitrogen and oxygen atoms in total. The van der Waals surface area contributed by atoms with Crippen LogP contribution in [-0.2, 0) is 13.1 Å². The van der Waals surface area contributed by atoms with Crippen molar-refractivity contribution in [3.05, 3.63) is 54.0 Å². The Bertz CT molecular complexity index is 852. The molecule has 0 aliphatic carbocycles. The van der Waals surface area contributed by atoms with E-state index in [9.17, 15) is 5.11 Å². The second-order valence-electron chi connectivity index (χ2n) is 6.52. The first-order valence-electron chi connectivity index (χ1n) is 9.16. The third-order valence-electron chi connectivity index (χ3n) is 4.69. The van der Waals surface area contributed by atoms with Crippen molar-refractivity contribution in [3.63, 3.8) is 0 Å². The number of aryl methyl sites for hydroxylation is 1. The fourth-order valence-electron chi connectivity index (χ4n) is 3.32. The van der Waals surface area contributed by atoms with E-state index in [0.717, 1.165) is 24.0 Å². The smallest absolute Gasteiger partial charge is 0.203 e. The summed E-state index contributed by atoms with van der Waals surface area (Å²) in [6, 6.07) is 11.6. The first-order valence-corrected chi connectivity index (χ1v) is 9.16. The Balaban J connectivity index is 0.00000243. The van der Waals surface area contributed by atoms with Gasteiger partial charge in [0.25, 0.3) is 0 Å². The minimum atomic E-state index is -0.757. The Hall–Kier alpha value is -1.98. The summed E-state index contributed by atoms with van der Waals surface area (Å²) < 4.78 is 9.22. The molecule has 142 valence electrons. The van der Waals surface area contributed by atoms with Gasteiger partial charge in [-0.15, -0.1) is 0 Å². The monoisotopic (exact) mass is 376 g/mol. The van der Waals surface area contributed by atoms with Crippen LogP contribution in [0.5, 0.6) is 0 Å². The molecular formula is C20H27ClN3O2-. The van der Waals surface area contributed by atoms with Crippen molar-refractivity contribution in [2.75, 3.05) is 0 Å². The van der Waals surface area contributed by atoms with Gasteiger partial charge in [-0.1, -0.05) is 44.7 Å². The van der Waals surface area contributed by atoms with Crippen molar-refractivity contribution in [1.29, 1.82) is 5.41 Å². The number of imidazole rings is 1. The van der Waals surface area contributed by atoms with Gasteiger partial charge in [0.15, 0.2) is 0 Å². The summed E-state index contributed by atoms with van der Waals surface area (Å²) in [6.45, 7) is 3.37. The lowest BCUT2D eigenvalue weighted by Gasteiger charge is -2.10. The highest BCUT2D eigenvalue weighted by molar-refractivity contribution is 5.75. The van der Waals surface area contributed by atoms with E-state index in [4.69, 9.17) is 9.83 Å². The zero-order chi connectivity index (χ0) is 17.6. The van der Waals surface area contributed by atoms with Crippen LogP contribution in [-0.4, -0.2) is 14.2 Å². The molecule has 0 fully saturated rings. The van der Waals surface area contributed by atoms with Crippen molar-refractivity contribution < 1.29 is 21.9 Å². The Morgan fingerprint density at radius 2 is 1.69 bits per heavy atom. The first-order chi connectivity index (χ1) is 12.2. The lowest BCUT2D eigenvalue weighted by atomic mass is 10.1. The second kappa shape index (κ2) is 9.64. The second-order valence-corrected chi connectivity index (χ2v) is 6.52. The zero-order valence-electron chi connectivity index (χ0n) is 15.2. The molecule has 0 radical (unpaired) electrons. The molecule has 0 aliphatic rings. The standard InChI is InChI=1S/C20H27N3O2.ClH/c1-2-3-4-5-8-13-22-16-10-6-7-11-17(16)23(20(22)21)15-18(24)19-12-9-14-25-19;/h6-7,9-12,14,18,21,24H,2-5,8,13,15H2,1H3;1H/p-1. The maximum Gasteiger partial charge on any atom is 0.203 e. The van der Waals surface area contributed by atoms with Crippen LogP contribution in [0.2, 0.25) is 0 Å². The molecule has 3 aromatic rings. The molecule has 26 heavy (non-hydrogen) atoms. The van der Waals surface area contributed by atoms with E-state index in [1.807, 2.05) is 22.8 Å². The molecule has 0 spiro atoms. The third-order valence-corrected chi connectivity index (χ3v) is 4.69. The van der Waals surface area contributed by atoms with E-state index >= 15 is 0 Å². The summed E-state index contributed by atoms with van der Waals surface area (Å²) in [4.78, 5) is 0. The van der Waals surface area contributed by atoms with Crippen LogP contribution in [0.1, 0.15) is 50.9 Å². The van der Waals surface area contributed by atoms with Gasteiger partial charge in [0, 0.05) is 6.54 Å². The quantitative estimate of drug-likeness (QED) is 0.551. The van der Waals surface area contributed by atoms with Crippen molar-refractivity contribution in [1.82, 2.24) is 9.13 Å². The van der Waals surface area contributed by atoms with Crippen LogP contribution in [0.15, 0.2) is 47.1 Å². The van der Waals surface area contributed by atoms with E-state index in [1.54, 1.807) is 18.4 Å². The molecule has 0 saturated carbocycles. The maximum absolute atomic E-state index is 10.4. The average molecular weight is 377 g/mol.